The van der Waals surface area contributed by atoms with Crippen LogP contribution in [0.25, 0.3) is 11.0 Å². The summed E-state index contributed by atoms with van der Waals surface area (Å²) in [6.07, 6.45) is 4.67. The average molecular weight is 489 g/mol. The summed E-state index contributed by atoms with van der Waals surface area (Å²) in [5, 5.41) is 7.00. The first kappa shape index (κ1) is 24.3. The molecule has 4 rings (SSSR count). The van der Waals surface area contributed by atoms with Gasteiger partial charge in [-0.05, 0) is 42.0 Å². The number of benzene rings is 2. The van der Waals surface area contributed by atoms with Gasteiger partial charge >= 0.3 is 5.97 Å². The summed E-state index contributed by atoms with van der Waals surface area (Å²) in [6, 6.07) is 20.1. The molecule has 35 heavy (non-hydrogen) atoms. The zero-order valence-corrected chi connectivity index (χ0v) is 20.8. The molecular formula is C27H28N4O3S. The lowest BCUT2D eigenvalue weighted by Gasteiger charge is -2.09. The fraction of sp³-hybridized carbons (Fsp3) is 0.222. The fourth-order valence-corrected chi connectivity index (χ4v) is 4.33. The normalized spacial score (nSPS) is 10.8. The molecule has 2 aromatic heterocycles. The molecule has 0 saturated carbocycles. The zero-order chi connectivity index (χ0) is 24.8. The molecule has 0 saturated heterocycles. The molecule has 0 aliphatic heterocycles. The van der Waals surface area contributed by atoms with Gasteiger partial charge in [0.2, 0.25) is 5.91 Å². The van der Waals surface area contributed by atoms with Crippen LogP contribution in [-0.4, -0.2) is 34.8 Å². The van der Waals surface area contributed by atoms with Crippen LogP contribution in [-0.2, 0) is 29.5 Å². The maximum absolute atomic E-state index is 12.8. The molecule has 0 atom stereocenters. The Morgan fingerprint density at radius 2 is 1.80 bits per heavy atom. The molecule has 0 aliphatic carbocycles. The van der Waals surface area contributed by atoms with E-state index in [1.807, 2.05) is 36.4 Å². The second-order valence-corrected chi connectivity index (χ2v) is 8.98. The van der Waals surface area contributed by atoms with Crippen LogP contribution < -0.4 is 10.6 Å². The number of methoxy groups -OCH3 is 1. The predicted molar refractivity (Wildman–Crippen MR) is 141 cm³/mol. The van der Waals surface area contributed by atoms with E-state index in [4.69, 9.17) is 4.74 Å². The molecule has 4 aromatic rings. The minimum atomic E-state index is -0.535. The molecule has 0 fully saturated rings. The average Bonchev–Trinajstić information content (AvgIpc) is 3.17. The number of ether oxygens (including phenoxy) is 1. The highest BCUT2D eigenvalue weighted by Gasteiger charge is 2.24. The van der Waals surface area contributed by atoms with Crippen LogP contribution in [0.1, 0.15) is 28.0 Å². The fourth-order valence-electron chi connectivity index (χ4n) is 3.92. The van der Waals surface area contributed by atoms with Crippen LogP contribution in [0.2, 0.25) is 0 Å². The van der Waals surface area contributed by atoms with Gasteiger partial charge in [-0.25, -0.2) is 9.78 Å². The largest absolute Gasteiger partial charge is 0.464 e. The van der Waals surface area contributed by atoms with Crippen molar-refractivity contribution in [2.45, 2.75) is 24.3 Å². The summed E-state index contributed by atoms with van der Waals surface area (Å²) in [5.74, 6) is -0.717. The zero-order valence-electron chi connectivity index (χ0n) is 20.0. The highest BCUT2D eigenvalue weighted by Crippen LogP contribution is 2.32. The number of thioether (sulfide) groups is 1. The second kappa shape index (κ2) is 11.1. The minimum absolute atomic E-state index is 0.182. The summed E-state index contributed by atoms with van der Waals surface area (Å²) < 4.78 is 6.65. The van der Waals surface area contributed by atoms with Gasteiger partial charge in [0.25, 0.3) is 0 Å². The van der Waals surface area contributed by atoms with E-state index in [9.17, 15) is 9.59 Å². The molecule has 0 radical (unpaired) electrons. The number of carbonyl (C=O) groups is 2. The predicted octanol–water partition coefficient (Wildman–Crippen LogP) is 5.27. The van der Waals surface area contributed by atoms with E-state index >= 15 is 0 Å². The summed E-state index contributed by atoms with van der Waals surface area (Å²) in [4.78, 5) is 31.2. The van der Waals surface area contributed by atoms with Gasteiger partial charge in [-0.15, -0.1) is 11.8 Å². The Labute approximate surface area is 208 Å². The van der Waals surface area contributed by atoms with Crippen molar-refractivity contribution in [3.63, 3.8) is 0 Å². The van der Waals surface area contributed by atoms with Crippen molar-refractivity contribution in [2.75, 3.05) is 24.0 Å². The van der Waals surface area contributed by atoms with Crippen LogP contribution in [0.5, 0.6) is 0 Å². The van der Waals surface area contributed by atoms with Gasteiger partial charge in [0.15, 0.2) is 5.69 Å². The Morgan fingerprint density at radius 1 is 1.06 bits per heavy atom. The van der Waals surface area contributed by atoms with Crippen molar-refractivity contribution >= 4 is 46.0 Å². The standard InChI is InChI=1S/C27H28N4O3S/c1-31-25(27(33)34-2)24(30-23(32)14-11-18-7-5-4-6-8-18)22-15-20(17-29-26(22)31)28-16-19-9-12-21(35-3)13-10-19/h4-10,12-13,15,17,28H,11,14,16H2,1-3H3,(H,30,32). The van der Waals surface area contributed by atoms with Crippen molar-refractivity contribution in [1.82, 2.24) is 9.55 Å². The van der Waals surface area contributed by atoms with Gasteiger partial charge in [-0.2, -0.15) is 0 Å². The monoisotopic (exact) mass is 488 g/mol. The molecular weight excluding hydrogens is 460 g/mol. The molecule has 2 aromatic carbocycles. The molecule has 0 bridgehead atoms. The van der Waals surface area contributed by atoms with Gasteiger partial charge in [0.05, 0.1) is 24.7 Å². The van der Waals surface area contributed by atoms with Gasteiger partial charge in [0, 0.05) is 30.3 Å². The Morgan fingerprint density at radius 3 is 2.49 bits per heavy atom. The Hall–Kier alpha value is -3.78. The molecule has 2 heterocycles. The van der Waals surface area contributed by atoms with E-state index < -0.39 is 5.97 Å². The van der Waals surface area contributed by atoms with Crippen LogP contribution in [0.3, 0.4) is 0 Å². The van der Waals surface area contributed by atoms with Gasteiger partial charge in [-0.1, -0.05) is 42.5 Å². The first-order valence-electron chi connectivity index (χ1n) is 11.3. The molecule has 1 amide bonds. The van der Waals surface area contributed by atoms with Crippen LogP contribution >= 0.6 is 11.8 Å². The summed E-state index contributed by atoms with van der Waals surface area (Å²) in [6.45, 7) is 0.622. The lowest BCUT2D eigenvalue weighted by Crippen LogP contribution is -2.16. The van der Waals surface area contributed by atoms with Crippen LogP contribution in [0.4, 0.5) is 11.4 Å². The number of pyridine rings is 1. The number of hydrogen-bond acceptors (Lipinski definition) is 6. The maximum Gasteiger partial charge on any atom is 0.356 e. The molecule has 0 aliphatic rings. The van der Waals surface area contributed by atoms with E-state index in [1.54, 1.807) is 29.6 Å². The van der Waals surface area contributed by atoms with E-state index in [-0.39, 0.29) is 11.6 Å². The first-order valence-corrected chi connectivity index (χ1v) is 12.5. The highest BCUT2D eigenvalue weighted by atomic mass is 32.2. The Kier molecular flexibility index (Phi) is 7.72. The summed E-state index contributed by atoms with van der Waals surface area (Å²) >= 11 is 1.70. The summed E-state index contributed by atoms with van der Waals surface area (Å²) in [5.41, 5.74) is 4.25. The van der Waals surface area contributed by atoms with Crippen LogP contribution in [0.15, 0.2) is 71.8 Å². The Bertz CT molecular complexity index is 1330. The van der Waals surface area contributed by atoms with Crippen LogP contribution in [0, 0.1) is 0 Å². The number of esters is 1. The molecule has 7 nitrogen and oxygen atoms in total. The Balaban J connectivity index is 1.58. The smallest absolute Gasteiger partial charge is 0.356 e. The van der Waals surface area contributed by atoms with Crippen molar-refractivity contribution < 1.29 is 14.3 Å². The van der Waals surface area contributed by atoms with Gasteiger partial charge < -0.3 is 19.9 Å². The number of nitrogens with one attached hydrogen (secondary N) is 2. The quantitative estimate of drug-likeness (QED) is 0.247. The molecule has 180 valence electrons. The number of amides is 1. The molecule has 8 heteroatoms. The van der Waals surface area contributed by atoms with Crippen molar-refractivity contribution in [3.05, 3.63) is 83.7 Å². The summed E-state index contributed by atoms with van der Waals surface area (Å²) in [7, 11) is 3.06. The maximum atomic E-state index is 12.8. The number of aryl methyl sites for hydroxylation is 2. The number of rotatable bonds is 9. The van der Waals surface area contributed by atoms with E-state index in [1.165, 1.54) is 12.0 Å². The number of anilines is 2. The number of nitrogens with zero attached hydrogens (tertiary/aromatic N) is 2. The number of aromatic nitrogens is 2. The lowest BCUT2D eigenvalue weighted by atomic mass is 10.1. The van der Waals surface area contributed by atoms with E-state index in [0.29, 0.717) is 36.1 Å². The molecule has 2 N–H and O–H groups in total. The number of fused-ring (bicyclic) bond motifs is 1. The van der Waals surface area contributed by atoms with E-state index in [0.717, 1.165) is 16.8 Å². The van der Waals surface area contributed by atoms with Crippen molar-refractivity contribution in [1.29, 1.82) is 0 Å². The minimum Gasteiger partial charge on any atom is -0.464 e. The third-order valence-corrected chi connectivity index (χ3v) is 6.55. The highest BCUT2D eigenvalue weighted by molar-refractivity contribution is 7.98. The number of hydrogen-bond donors (Lipinski definition) is 2. The van der Waals surface area contributed by atoms with Gasteiger partial charge in [-0.3, -0.25) is 4.79 Å². The number of carbonyl (C=O) groups excluding carboxylic acids is 2. The molecule has 0 unspecified atom stereocenters. The van der Waals surface area contributed by atoms with E-state index in [2.05, 4.69) is 46.1 Å². The molecule has 0 spiro atoms. The topological polar surface area (TPSA) is 85.2 Å². The lowest BCUT2D eigenvalue weighted by molar-refractivity contribution is -0.116. The third-order valence-electron chi connectivity index (χ3n) is 5.81. The van der Waals surface area contributed by atoms with Crippen molar-refractivity contribution in [2.24, 2.45) is 7.05 Å². The van der Waals surface area contributed by atoms with Crippen molar-refractivity contribution in [3.8, 4) is 0 Å². The van der Waals surface area contributed by atoms with Gasteiger partial charge in [0.1, 0.15) is 5.65 Å². The SMILES string of the molecule is COC(=O)c1c(NC(=O)CCc2ccccc2)c2cc(NCc3ccc(SC)cc3)cnc2n1C. The third kappa shape index (κ3) is 5.66. The first-order chi connectivity index (χ1) is 17.0. The second-order valence-electron chi connectivity index (χ2n) is 8.10.